The molecule has 3 aromatic rings. The number of halogens is 2. The number of anilines is 1. The topological polar surface area (TPSA) is 83.6 Å². The van der Waals surface area contributed by atoms with Crippen molar-refractivity contribution in [2.75, 3.05) is 18.0 Å². The lowest BCUT2D eigenvalue weighted by Crippen LogP contribution is -2.45. The van der Waals surface area contributed by atoms with E-state index in [2.05, 4.69) is 39.9 Å². The van der Waals surface area contributed by atoms with Crippen LogP contribution in [0.2, 0.25) is 0 Å². The molecule has 2 heterocycles. The van der Waals surface area contributed by atoms with E-state index in [4.69, 9.17) is 4.74 Å². The summed E-state index contributed by atoms with van der Waals surface area (Å²) in [5.41, 5.74) is 3.35. The molecule has 210 valence electrons. The second-order valence-corrected chi connectivity index (χ2v) is 12.7. The Kier molecular flexibility index (Phi) is 11.9. The summed E-state index contributed by atoms with van der Waals surface area (Å²) < 4.78 is 34.9. The Labute approximate surface area is 243 Å². The quantitative estimate of drug-likeness (QED) is 0.323. The van der Waals surface area contributed by atoms with E-state index in [1.807, 2.05) is 45.0 Å². The first-order valence-corrected chi connectivity index (χ1v) is 14.6. The van der Waals surface area contributed by atoms with Crippen LogP contribution in [-0.2, 0) is 16.6 Å². The maximum Gasteiger partial charge on any atom is 0.275 e. The van der Waals surface area contributed by atoms with Crippen molar-refractivity contribution in [3.8, 4) is 5.75 Å². The highest BCUT2D eigenvalue weighted by molar-refractivity contribution is 7.94. The molecule has 7 nitrogen and oxygen atoms in total. The van der Waals surface area contributed by atoms with E-state index in [1.165, 1.54) is 21.2 Å². The first kappa shape index (κ1) is 32.3. The van der Waals surface area contributed by atoms with Gasteiger partial charge in [0.05, 0.1) is 23.5 Å². The molecule has 2 N–H and O–H groups in total. The van der Waals surface area contributed by atoms with Gasteiger partial charge in [0.25, 0.3) is 10.0 Å². The Morgan fingerprint density at radius 3 is 2.47 bits per heavy atom. The molecule has 0 unspecified atom stereocenters. The molecule has 1 aliphatic heterocycles. The number of rotatable bonds is 9. The van der Waals surface area contributed by atoms with Crippen LogP contribution < -0.4 is 19.7 Å². The number of piperidine rings is 1. The molecule has 11 heteroatoms. The zero-order chi connectivity index (χ0) is 25.9. The van der Waals surface area contributed by atoms with Gasteiger partial charge in [0, 0.05) is 30.2 Å². The van der Waals surface area contributed by atoms with Crippen molar-refractivity contribution in [2.45, 2.75) is 69.4 Å². The Balaban J connectivity index is 0.00000253. The molecule has 1 fully saturated rings. The summed E-state index contributed by atoms with van der Waals surface area (Å²) >= 11 is 1.22. The van der Waals surface area contributed by atoms with Crippen LogP contribution in [0, 0.1) is 13.8 Å². The maximum atomic E-state index is 13.7. The number of ether oxygens (including phenoxy) is 1. The molecule has 0 aliphatic carbocycles. The molecule has 0 radical (unpaired) electrons. The Hall–Kier alpha value is -1.88. The number of sulfonamides is 1. The SMILES string of the molecule is COc1ccc(N(C(C)C)S(=O)(=O)c2sc(C)nc2C)cc1CN[C@H]1CCCN[C@H]1c1ccccc1.Cl.Cl. The zero-order valence-corrected chi connectivity index (χ0v) is 25.7. The summed E-state index contributed by atoms with van der Waals surface area (Å²) in [7, 11) is -2.11. The second-order valence-electron chi connectivity index (χ2n) is 9.47. The summed E-state index contributed by atoms with van der Waals surface area (Å²) in [5, 5.41) is 8.11. The molecular weight excluding hydrogens is 563 g/mol. The first-order valence-electron chi connectivity index (χ1n) is 12.4. The number of thiazole rings is 1. The van der Waals surface area contributed by atoms with Crippen LogP contribution in [0.5, 0.6) is 5.75 Å². The molecule has 1 saturated heterocycles. The van der Waals surface area contributed by atoms with E-state index in [-0.39, 0.29) is 42.9 Å². The van der Waals surface area contributed by atoms with Gasteiger partial charge < -0.3 is 15.4 Å². The standard InChI is InChI=1S/C27H36N4O3S2.2ClH/c1-18(2)31(36(32,33)27-19(3)30-20(4)35-27)23-13-14-25(34-5)22(16-23)17-29-24-12-9-15-28-26(24)21-10-7-6-8-11-21;;/h6-8,10-11,13-14,16,18,24,26,28-29H,9,12,15,17H2,1-5H3;2*1H/t24-,26-;;/m0../s1. The minimum absolute atomic E-state index is 0. The van der Waals surface area contributed by atoms with E-state index < -0.39 is 10.0 Å². The highest BCUT2D eigenvalue weighted by atomic mass is 35.5. The van der Waals surface area contributed by atoms with Crippen molar-refractivity contribution >= 4 is 51.9 Å². The molecule has 38 heavy (non-hydrogen) atoms. The van der Waals surface area contributed by atoms with Gasteiger partial charge in [-0.15, -0.1) is 36.2 Å². The Morgan fingerprint density at radius 2 is 1.87 bits per heavy atom. The lowest BCUT2D eigenvalue weighted by atomic mass is 9.92. The number of aromatic nitrogens is 1. The molecule has 2 aromatic carbocycles. The highest BCUT2D eigenvalue weighted by Gasteiger charge is 2.32. The average molecular weight is 602 g/mol. The monoisotopic (exact) mass is 600 g/mol. The lowest BCUT2D eigenvalue weighted by molar-refractivity contribution is 0.303. The minimum Gasteiger partial charge on any atom is -0.496 e. The summed E-state index contributed by atoms with van der Waals surface area (Å²) in [4.78, 5) is 4.35. The molecule has 0 amide bonds. The third-order valence-corrected chi connectivity index (χ3v) is 10.2. The van der Waals surface area contributed by atoms with Crippen LogP contribution in [0.1, 0.15) is 54.6 Å². The van der Waals surface area contributed by atoms with E-state index >= 15 is 0 Å². The Bertz CT molecular complexity index is 1290. The van der Waals surface area contributed by atoms with Gasteiger partial charge in [-0.3, -0.25) is 4.31 Å². The van der Waals surface area contributed by atoms with Crippen LogP contribution in [-0.4, -0.2) is 39.1 Å². The van der Waals surface area contributed by atoms with E-state index in [0.717, 1.165) is 35.7 Å². The molecule has 0 spiro atoms. The summed E-state index contributed by atoms with van der Waals surface area (Å²) in [6, 6.07) is 16.3. The predicted octanol–water partition coefficient (Wildman–Crippen LogP) is 5.80. The van der Waals surface area contributed by atoms with Gasteiger partial charge >= 0.3 is 0 Å². The first-order chi connectivity index (χ1) is 17.2. The Morgan fingerprint density at radius 1 is 1.16 bits per heavy atom. The van der Waals surface area contributed by atoms with Crippen LogP contribution in [0.4, 0.5) is 5.69 Å². The predicted molar refractivity (Wildman–Crippen MR) is 161 cm³/mol. The normalized spacial score (nSPS) is 17.4. The molecule has 0 bridgehead atoms. The van der Waals surface area contributed by atoms with Crippen molar-refractivity contribution in [3.63, 3.8) is 0 Å². The van der Waals surface area contributed by atoms with Gasteiger partial charge in [-0.25, -0.2) is 13.4 Å². The number of nitrogens with zero attached hydrogens (tertiary/aromatic N) is 2. The van der Waals surface area contributed by atoms with Gasteiger partial charge in [0.2, 0.25) is 0 Å². The van der Waals surface area contributed by atoms with Crippen molar-refractivity contribution < 1.29 is 13.2 Å². The van der Waals surface area contributed by atoms with Crippen molar-refractivity contribution in [1.82, 2.24) is 15.6 Å². The van der Waals surface area contributed by atoms with Crippen molar-refractivity contribution in [1.29, 1.82) is 0 Å². The number of aryl methyl sites for hydroxylation is 2. The third kappa shape index (κ3) is 7.00. The highest BCUT2D eigenvalue weighted by Crippen LogP contribution is 2.34. The second kappa shape index (κ2) is 14.0. The number of benzene rings is 2. The van der Waals surface area contributed by atoms with E-state index in [1.54, 1.807) is 14.0 Å². The summed E-state index contributed by atoms with van der Waals surface area (Å²) in [6.07, 6.45) is 2.16. The summed E-state index contributed by atoms with van der Waals surface area (Å²) in [6.45, 7) is 8.92. The van der Waals surface area contributed by atoms with E-state index in [0.29, 0.717) is 22.1 Å². The number of methoxy groups -OCH3 is 1. The fraction of sp³-hybridized carbons (Fsp3) is 0.444. The fourth-order valence-corrected chi connectivity index (χ4v) is 8.17. The number of hydrogen-bond acceptors (Lipinski definition) is 7. The average Bonchev–Trinajstić information content (AvgIpc) is 3.22. The van der Waals surface area contributed by atoms with Crippen LogP contribution in [0.15, 0.2) is 52.7 Å². The van der Waals surface area contributed by atoms with Crippen LogP contribution in [0.25, 0.3) is 0 Å². The van der Waals surface area contributed by atoms with Gasteiger partial charge in [-0.2, -0.15) is 0 Å². The molecule has 4 rings (SSSR count). The van der Waals surface area contributed by atoms with Crippen LogP contribution >= 0.6 is 36.2 Å². The van der Waals surface area contributed by atoms with Gasteiger partial charge in [0.1, 0.15) is 5.75 Å². The molecular formula is C27H38Cl2N4O3S2. The molecule has 2 atom stereocenters. The van der Waals surface area contributed by atoms with Gasteiger partial charge in [-0.1, -0.05) is 30.3 Å². The third-order valence-electron chi connectivity index (χ3n) is 6.51. The van der Waals surface area contributed by atoms with Crippen molar-refractivity contribution in [2.24, 2.45) is 0 Å². The van der Waals surface area contributed by atoms with Crippen molar-refractivity contribution in [3.05, 3.63) is 70.4 Å². The fourth-order valence-electron chi connectivity index (χ4n) is 4.96. The molecule has 1 aliphatic rings. The van der Waals surface area contributed by atoms with E-state index in [9.17, 15) is 8.42 Å². The largest absolute Gasteiger partial charge is 0.496 e. The maximum absolute atomic E-state index is 13.7. The van der Waals surface area contributed by atoms with Gasteiger partial charge in [-0.05, 0) is 70.8 Å². The van der Waals surface area contributed by atoms with Crippen LogP contribution in [0.3, 0.4) is 0 Å². The van der Waals surface area contributed by atoms with Gasteiger partial charge in [0.15, 0.2) is 4.21 Å². The zero-order valence-electron chi connectivity index (χ0n) is 22.4. The lowest BCUT2D eigenvalue weighted by Gasteiger charge is -2.34. The summed E-state index contributed by atoms with van der Waals surface area (Å²) in [5.74, 6) is 0.734. The molecule has 0 saturated carbocycles. The molecule has 1 aromatic heterocycles. The minimum atomic E-state index is -3.76. The number of hydrogen-bond donors (Lipinski definition) is 2. The smallest absolute Gasteiger partial charge is 0.275 e. The number of nitrogens with one attached hydrogen (secondary N) is 2.